The lowest BCUT2D eigenvalue weighted by molar-refractivity contribution is 0.107. The van der Waals surface area contributed by atoms with E-state index in [2.05, 4.69) is 4.98 Å². The first-order valence-electron chi connectivity index (χ1n) is 3.14. The van der Waals surface area contributed by atoms with E-state index in [1.165, 1.54) is 7.85 Å². The maximum absolute atomic E-state index is 10.8. The van der Waals surface area contributed by atoms with Crippen molar-refractivity contribution < 1.29 is 4.79 Å². The predicted molar refractivity (Wildman–Crippen MR) is 41.8 cm³/mol. The molecule has 50 valence electrons. The second-order valence-corrected chi connectivity index (χ2v) is 2.23. The number of carbonyl (C=O) groups excluding carboxylic acids is 1. The first kappa shape index (κ1) is 7.00. The second kappa shape index (κ2) is 2.65. The standard InChI is InChI=1S/C7H8BNO/c1-5-3-2-4-9-6(5)7(8)10/h2-4H,8H2,1H3. The van der Waals surface area contributed by atoms with Crippen LogP contribution in [0.15, 0.2) is 18.3 Å². The van der Waals surface area contributed by atoms with Gasteiger partial charge in [0, 0.05) is 6.20 Å². The Morgan fingerprint density at radius 3 is 2.80 bits per heavy atom. The molecular formula is C7H8BNO. The van der Waals surface area contributed by atoms with E-state index >= 15 is 0 Å². The normalized spacial score (nSPS) is 9.30. The zero-order valence-corrected chi connectivity index (χ0v) is 6.09. The van der Waals surface area contributed by atoms with Gasteiger partial charge in [-0.25, -0.2) is 0 Å². The van der Waals surface area contributed by atoms with Crippen molar-refractivity contribution in [3.63, 3.8) is 0 Å². The Morgan fingerprint density at radius 1 is 1.70 bits per heavy atom. The highest BCUT2D eigenvalue weighted by Gasteiger charge is 2.01. The summed E-state index contributed by atoms with van der Waals surface area (Å²) in [4.78, 5) is 14.7. The minimum Gasteiger partial charge on any atom is -0.305 e. The monoisotopic (exact) mass is 133 g/mol. The summed E-state index contributed by atoms with van der Waals surface area (Å²) in [5.74, 6) is 0. The molecule has 0 amide bonds. The summed E-state index contributed by atoms with van der Waals surface area (Å²) in [6.07, 6.45) is 1.63. The first-order chi connectivity index (χ1) is 4.72. The number of carbonyl (C=O) groups is 1. The molecule has 0 unspecified atom stereocenters. The summed E-state index contributed by atoms with van der Waals surface area (Å²) in [5.41, 5.74) is 1.54. The third-order valence-electron chi connectivity index (χ3n) is 1.34. The average molecular weight is 133 g/mol. The van der Waals surface area contributed by atoms with E-state index in [-0.39, 0.29) is 5.68 Å². The zero-order chi connectivity index (χ0) is 7.56. The number of rotatable bonds is 1. The van der Waals surface area contributed by atoms with Crippen LogP contribution in [-0.2, 0) is 0 Å². The fourth-order valence-electron chi connectivity index (χ4n) is 0.854. The van der Waals surface area contributed by atoms with Gasteiger partial charge in [-0.1, -0.05) is 6.07 Å². The van der Waals surface area contributed by atoms with E-state index in [1.54, 1.807) is 6.20 Å². The van der Waals surface area contributed by atoms with E-state index < -0.39 is 0 Å². The molecule has 0 aliphatic rings. The summed E-state index contributed by atoms with van der Waals surface area (Å²) in [5, 5.41) is 0. The lowest BCUT2D eigenvalue weighted by atomic mass is 9.96. The molecule has 0 radical (unpaired) electrons. The molecule has 1 heterocycles. The number of hydrogen-bond donors (Lipinski definition) is 0. The Hall–Kier alpha value is -1.12. The number of nitrogens with zero attached hydrogens (tertiary/aromatic N) is 1. The molecule has 1 aromatic rings. The van der Waals surface area contributed by atoms with Crippen LogP contribution in [-0.4, -0.2) is 18.5 Å². The smallest absolute Gasteiger partial charge is 0.195 e. The number of pyridine rings is 1. The fraction of sp³-hybridized carbons (Fsp3) is 0.143. The predicted octanol–water partition coefficient (Wildman–Crippen LogP) is 0.163. The highest BCUT2D eigenvalue weighted by Crippen LogP contribution is 2.01. The largest absolute Gasteiger partial charge is 0.305 e. The summed E-state index contributed by atoms with van der Waals surface area (Å²) in [6, 6.07) is 3.70. The first-order valence-corrected chi connectivity index (χ1v) is 3.14. The maximum Gasteiger partial charge on any atom is 0.195 e. The Bertz CT molecular complexity index is 260. The van der Waals surface area contributed by atoms with Crippen molar-refractivity contribution in [3.8, 4) is 0 Å². The van der Waals surface area contributed by atoms with Gasteiger partial charge in [-0.15, -0.1) is 0 Å². The van der Waals surface area contributed by atoms with Gasteiger partial charge < -0.3 is 4.79 Å². The van der Waals surface area contributed by atoms with Crippen LogP contribution in [0, 0.1) is 6.92 Å². The van der Waals surface area contributed by atoms with Crippen molar-refractivity contribution in [2.24, 2.45) is 0 Å². The molecule has 10 heavy (non-hydrogen) atoms. The van der Waals surface area contributed by atoms with Crippen molar-refractivity contribution in [2.75, 3.05) is 0 Å². The molecule has 0 N–H and O–H groups in total. The Kier molecular flexibility index (Phi) is 1.85. The minimum atomic E-state index is 0.0260. The number of hydrogen-bond acceptors (Lipinski definition) is 2. The van der Waals surface area contributed by atoms with Crippen LogP contribution >= 0.6 is 0 Å². The minimum absolute atomic E-state index is 0.0260. The van der Waals surface area contributed by atoms with Gasteiger partial charge in [0.05, 0.1) is 5.69 Å². The topological polar surface area (TPSA) is 30.0 Å². The summed E-state index contributed by atoms with van der Waals surface area (Å²) in [7, 11) is 1.52. The van der Waals surface area contributed by atoms with Crippen molar-refractivity contribution in [2.45, 2.75) is 6.92 Å². The number of aryl methyl sites for hydroxylation is 1. The van der Waals surface area contributed by atoms with Crippen LogP contribution in [0.1, 0.15) is 16.1 Å². The lowest BCUT2D eigenvalue weighted by Gasteiger charge is -1.96. The molecule has 0 aliphatic heterocycles. The third-order valence-corrected chi connectivity index (χ3v) is 1.34. The van der Waals surface area contributed by atoms with Crippen LogP contribution < -0.4 is 0 Å². The van der Waals surface area contributed by atoms with Crippen LogP contribution in [0.2, 0.25) is 0 Å². The molecule has 0 saturated carbocycles. The van der Waals surface area contributed by atoms with Crippen LogP contribution in [0.3, 0.4) is 0 Å². The molecule has 0 fully saturated rings. The quantitative estimate of drug-likeness (QED) is 0.511. The highest BCUT2D eigenvalue weighted by molar-refractivity contribution is 6.62. The van der Waals surface area contributed by atoms with E-state index in [0.717, 1.165) is 5.56 Å². The van der Waals surface area contributed by atoms with Gasteiger partial charge in [-0.05, 0) is 18.6 Å². The molecule has 0 aliphatic carbocycles. The molecule has 1 rings (SSSR count). The molecule has 1 aromatic heterocycles. The molecular weight excluding hydrogens is 125 g/mol. The third kappa shape index (κ3) is 1.24. The Morgan fingerprint density at radius 2 is 2.40 bits per heavy atom. The molecule has 2 nitrogen and oxygen atoms in total. The molecule has 0 aromatic carbocycles. The SMILES string of the molecule is BC(=O)c1ncccc1C. The second-order valence-electron chi connectivity index (χ2n) is 2.23. The highest BCUT2D eigenvalue weighted by atomic mass is 16.1. The van der Waals surface area contributed by atoms with Gasteiger partial charge in [0.1, 0.15) is 5.68 Å². The lowest BCUT2D eigenvalue weighted by Crippen LogP contribution is -2.02. The van der Waals surface area contributed by atoms with Gasteiger partial charge >= 0.3 is 0 Å². The van der Waals surface area contributed by atoms with E-state index in [4.69, 9.17) is 0 Å². The molecule has 0 atom stereocenters. The van der Waals surface area contributed by atoms with Crippen molar-refractivity contribution in [1.82, 2.24) is 4.98 Å². The van der Waals surface area contributed by atoms with Crippen LogP contribution in [0.4, 0.5) is 0 Å². The molecule has 0 spiro atoms. The molecule has 0 bridgehead atoms. The van der Waals surface area contributed by atoms with Crippen LogP contribution in [0.5, 0.6) is 0 Å². The van der Waals surface area contributed by atoms with Crippen molar-refractivity contribution >= 4 is 13.5 Å². The van der Waals surface area contributed by atoms with E-state index in [0.29, 0.717) is 5.69 Å². The van der Waals surface area contributed by atoms with Crippen molar-refractivity contribution in [1.29, 1.82) is 0 Å². The summed E-state index contributed by atoms with van der Waals surface area (Å²) in [6.45, 7) is 1.88. The van der Waals surface area contributed by atoms with Gasteiger partial charge in [0.15, 0.2) is 7.85 Å². The number of aromatic nitrogens is 1. The fourth-order valence-corrected chi connectivity index (χ4v) is 0.854. The molecule has 0 saturated heterocycles. The van der Waals surface area contributed by atoms with Gasteiger partial charge in [0.25, 0.3) is 0 Å². The Labute approximate surface area is 60.7 Å². The van der Waals surface area contributed by atoms with Crippen molar-refractivity contribution in [3.05, 3.63) is 29.6 Å². The van der Waals surface area contributed by atoms with Crippen LogP contribution in [0.25, 0.3) is 0 Å². The molecule has 3 heteroatoms. The summed E-state index contributed by atoms with van der Waals surface area (Å²) >= 11 is 0. The van der Waals surface area contributed by atoms with Gasteiger partial charge in [0.2, 0.25) is 0 Å². The zero-order valence-electron chi connectivity index (χ0n) is 6.09. The van der Waals surface area contributed by atoms with E-state index in [1.807, 2.05) is 19.1 Å². The maximum atomic E-state index is 10.8. The summed E-state index contributed by atoms with van der Waals surface area (Å²) < 4.78 is 0. The average Bonchev–Trinajstić information content (AvgIpc) is 1.88. The van der Waals surface area contributed by atoms with E-state index in [9.17, 15) is 4.79 Å². The van der Waals surface area contributed by atoms with Gasteiger partial charge in [-0.3, -0.25) is 4.98 Å². The van der Waals surface area contributed by atoms with Gasteiger partial charge in [-0.2, -0.15) is 0 Å². The Balaban J connectivity index is 3.15.